The smallest absolute Gasteiger partial charge is 0.243 e. The van der Waals surface area contributed by atoms with E-state index in [1.54, 1.807) is 22.5 Å². The Balaban J connectivity index is 1.70. The molecule has 2 saturated heterocycles. The van der Waals surface area contributed by atoms with Crippen molar-refractivity contribution < 1.29 is 13.2 Å². The summed E-state index contributed by atoms with van der Waals surface area (Å²) in [6, 6.07) is 5.03. The second kappa shape index (κ2) is 8.93. The number of likely N-dealkylation sites (tertiary alicyclic amines) is 1. The summed E-state index contributed by atoms with van der Waals surface area (Å²) in [5.74, 6) is 1.10. The number of benzene rings is 1. The first-order chi connectivity index (χ1) is 13.3. The lowest BCUT2D eigenvalue weighted by atomic mass is 9.92. The predicted octanol–water partition coefficient (Wildman–Crippen LogP) is 3.09. The minimum absolute atomic E-state index is 0.0862. The fourth-order valence-corrected chi connectivity index (χ4v) is 6.01. The number of hydrogen-bond acceptors (Lipinski definition) is 4. The van der Waals surface area contributed by atoms with E-state index in [0.29, 0.717) is 37.2 Å². The molecule has 0 saturated carbocycles. The molecule has 28 heavy (non-hydrogen) atoms. The molecule has 0 spiro atoms. The molecule has 2 atom stereocenters. The first-order valence-corrected chi connectivity index (χ1v) is 11.8. The SMILES string of the molecule is Cc1ccc(S(=O)(=O)N2CCCCC2)cc1NC(=O)CN1C[C@H](C)C[C@@H](C)C1. The van der Waals surface area contributed by atoms with Crippen molar-refractivity contribution in [3.05, 3.63) is 23.8 Å². The van der Waals surface area contributed by atoms with Crippen LogP contribution in [0.25, 0.3) is 0 Å². The number of anilines is 1. The normalized spacial score (nSPS) is 24.8. The Bertz CT molecular complexity index is 793. The summed E-state index contributed by atoms with van der Waals surface area (Å²) in [7, 11) is -3.51. The number of aryl methyl sites for hydroxylation is 1. The summed E-state index contributed by atoms with van der Waals surface area (Å²) >= 11 is 0. The second-order valence-electron chi connectivity index (χ2n) is 8.63. The molecule has 6 nitrogen and oxygen atoms in total. The molecule has 1 amide bonds. The highest BCUT2D eigenvalue weighted by Gasteiger charge is 2.27. The van der Waals surface area contributed by atoms with Gasteiger partial charge in [-0.05, 0) is 55.7 Å². The summed E-state index contributed by atoms with van der Waals surface area (Å²) in [6.07, 6.45) is 4.09. The number of carbonyl (C=O) groups is 1. The number of carbonyl (C=O) groups excluding carboxylic acids is 1. The number of rotatable bonds is 5. The van der Waals surface area contributed by atoms with E-state index in [1.807, 2.05) is 6.92 Å². The van der Waals surface area contributed by atoms with E-state index in [1.165, 1.54) is 6.42 Å². The van der Waals surface area contributed by atoms with Gasteiger partial charge in [-0.2, -0.15) is 4.31 Å². The van der Waals surface area contributed by atoms with Gasteiger partial charge in [0.1, 0.15) is 0 Å². The number of sulfonamides is 1. The van der Waals surface area contributed by atoms with Gasteiger partial charge in [0, 0.05) is 31.9 Å². The number of hydrogen-bond donors (Lipinski definition) is 1. The summed E-state index contributed by atoms with van der Waals surface area (Å²) in [5.41, 5.74) is 1.45. The number of piperidine rings is 2. The van der Waals surface area contributed by atoms with Crippen LogP contribution in [0.4, 0.5) is 5.69 Å². The van der Waals surface area contributed by atoms with E-state index in [0.717, 1.165) is 37.9 Å². The van der Waals surface area contributed by atoms with Gasteiger partial charge in [0.15, 0.2) is 0 Å². The Morgan fingerprint density at radius 3 is 2.39 bits per heavy atom. The van der Waals surface area contributed by atoms with Gasteiger partial charge in [-0.15, -0.1) is 0 Å². The predicted molar refractivity (Wildman–Crippen MR) is 112 cm³/mol. The topological polar surface area (TPSA) is 69.7 Å². The lowest BCUT2D eigenvalue weighted by molar-refractivity contribution is -0.117. The molecule has 0 aliphatic carbocycles. The van der Waals surface area contributed by atoms with Crippen molar-refractivity contribution in [3.63, 3.8) is 0 Å². The first kappa shape index (κ1) is 21.3. The zero-order valence-corrected chi connectivity index (χ0v) is 18.1. The van der Waals surface area contributed by atoms with Crippen molar-refractivity contribution in [2.75, 3.05) is 38.0 Å². The third-order valence-electron chi connectivity index (χ3n) is 5.75. The van der Waals surface area contributed by atoms with Crippen molar-refractivity contribution >= 4 is 21.6 Å². The standard InChI is InChI=1S/C21H33N3O3S/c1-16-11-17(2)14-23(13-16)15-21(25)22-20-12-19(8-7-18(20)3)28(26,27)24-9-5-4-6-10-24/h7-8,12,16-17H,4-6,9-11,13-15H2,1-3H3,(H,22,25)/t16-,17-/m1/s1. The Kier molecular flexibility index (Phi) is 6.78. The van der Waals surface area contributed by atoms with Crippen LogP contribution >= 0.6 is 0 Å². The average molecular weight is 408 g/mol. The Morgan fingerprint density at radius 2 is 1.75 bits per heavy atom. The molecule has 2 aliphatic heterocycles. The van der Waals surface area contributed by atoms with E-state index in [9.17, 15) is 13.2 Å². The van der Waals surface area contributed by atoms with Crippen molar-refractivity contribution in [1.29, 1.82) is 0 Å². The van der Waals surface area contributed by atoms with Crippen LogP contribution in [0, 0.1) is 18.8 Å². The summed E-state index contributed by atoms with van der Waals surface area (Å²) < 4.78 is 27.4. The minimum Gasteiger partial charge on any atom is -0.325 e. The Hall–Kier alpha value is -1.44. The van der Waals surface area contributed by atoms with Gasteiger partial charge in [-0.1, -0.05) is 26.3 Å². The molecule has 1 N–H and O–H groups in total. The molecule has 0 radical (unpaired) electrons. The maximum Gasteiger partial charge on any atom is 0.243 e. The maximum atomic E-state index is 12.9. The first-order valence-electron chi connectivity index (χ1n) is 10.4. The highest BCUT2D eigenvalue weighted by atomic mass is 32.2. The van der Waals surface area contributed by atoms with Crippen molar-refractivity contribution in [2.24, 2.45) is 11.8 Å². The van der Waals surface area contributed by atoms with Gasteiger partial charge in [-0.3, -0.25) is 9.69 Å². The Morgan fingerprint density at radius 1 is 1.11 bits per heavy atom. The van der Waals surface area contributed by atoms with Gasteiger partial charge in [0.25, 0.3) is 0 Å². The van der Waals surface area contributed by atoms with E-state index < -0.39 is 10.0 Å². The van der Waals surface area contributed by atoms with Crippen LogP contribution in [-0.2, 0) is 14.8 Å². The van der Waals surface area contributed by atoms with Gasteiger partial charge in [0.2, 0.25) is 15.9 Å². The molecular formula is C21H33N3O3S. The molecule has 156 valence electrons. The molecular weight excluding hydrogens is 374 g/mol. The third-order valence-corrected chi connectivity index (χ3v) is 7.64. The molecule has 1 aromatic carbocycles. The van der Waals surface area contributed by atoms with Gasteiger partial charge < -0.3 is 5.32 Å². The molecule has 0 bridgehead atoms. The highest BCUT2D eigenvalue weighted by molar-refractivity contribution is 7.89. The number of amides is 1. The molecule has 2 fully saturated rings. The van der Waals surface area contributed by atoms with Gasteiger partial charge in [0.05, 0.1) is 11.4 Å². The Labute approximate surface area is 169 Å². The fourth-order valence-electron chi connectivity index (χ4n) is 4.46. The monoisotopic (exact) mass is 407 g/mol. The molecule has 0 aromatic heterocycles. The van der Waals surface area contributed by atoms with E-state index in [2.05, 4.69) is 24.1 Å². The molecule has 0 unspecified atom stereocenters. The second-order valence-corrected chi connectivity index (χ2v) is 10.6. The van der Waals surface area contributed by atoms with Gasteiger partial charge >= 0.3 is 0 Å². The van der Waals surface area contributed by atoms with Crippen molar-refractivity contribution in [3.8, 4) is 0 Å². The third kappa shape index (κ3) is 5.13. The summed E-state index contributed by atoms with van der Waals surface area (Å²) in [5, 5.41) is 2.94. The lowest BCUT2D eigenvalue weighted by Gasteiger charge is -2.34. The van der Waals surface area contributed by atoms with Crippen LogP contribution in [0.15, 0.2) is 23.1 Å². The zero-order chi connectivity index (χ0) is 20.3. The maximum absolute atomic E-state index is 12.9. The lowest BCUT2D eigenvalue weighted by Crippen LogP contribution is -2.42. The van der Waals surface area contributed by atoms with Crippen LogP contribution in [0.1, 0.15) is 45.1 Å². The van der Waals surface area contributed by atoms with Crippen LogP contribution < -0.4 is 5.32 Å². The highest BCUT2D eigenvalue weighted by Crippen LogP contribution is 2.25. The van der Waals surface area contributed by atoms with Crippen LogP contribution in [0.5, 0.6) is 0 Å². The van der Waals surface area contributed by atoms with Crippen molar-refractivity contribution in [1.82, 2.24) is 9.21 Å². The molecule has 2 aliphatic rings. The molecule has 3 rings (SSSR count). The van der Waals surface area contributed by atoms with Crippen molar-refractivity contribution in [2.45, 2.75) is 51.3 Å². The summed E-state index contributed by atoms with van der Waals surface area (Å²) in [4.78, 5) is 15.0. The molecule has 2 heterocycles. The number of nitrogens with one attached hydrogen (secondary N) is 1. The van der Waals surface area contributed by atoms with Gasteiger partial charge in [-0.25, -0.2) is 8.42 Å². The molecule has 1 aromatic rings. The summed E-state index contributed by atoms with van der Waals surface area (Å²) in [6.45, 7) is 9.68. The van der Waals surface area contributed by atoms with E-state index in [4.69, 9.17) is 0 Å². The number of nitrogens with zero attached hydrogens (tertiary/aromatic N) is 2. The zero-order valence-electron chi connectivity index (χ0n) is 17.3. The fraction of sp³-hybridized carbons (Fsp3) is 0.667. The van der Waals surface area contributed by atoms with Crippen LogP contribution in [0.3, 0.4) is 0 Å². The van der Waals surface area contributed by atoms with E-state index in [-0.39, 0.29) is 10.8 Å². The quantitative estimate of drug-likeness (QED) is 0.814. The van der Waals surface area contributed by atoms with E-state index >= 15 is 0 Å². The average Bonchev–Trinajstić information content (AvgIpc) is 2.63. The largest absolute Gasteiger partial charge is 0.325 e. The van der Waals surface area contributed by atoms with Crippen LogP contribution in [-0.4, -0.2) is 56.3 Å². The minimum atomic E-state index is -3.51. The molecule has 7 heteroatoms. The van der Waals surface area contributed by atoms with Crippen LogP contribution in [0.2, 0.25) is 0 Å².